The van der Waals surface area contributed by atoms with E-state index in [-0.39, 0.29) is 47.4 Å². The Hall–Kier alpha value is -2.04. The number of hydrogen-bond donors (Lipinski definition) is 1. The van der Waals surface area contributed by atoms with E-state index in [1.807, 2.05) is 0 Å². The Morgan fingerprint density at radius 2 is 1.71 bits per heavy atom. The molecule has 0 amide bonds. The van der Waals surface area contributed by atoms with Crippen LogP contribution in [0.5, 0.6) is 0 Å². The van der Waals surface area contributed by atoms with Crippen molar-refractivity contribution in [1.82, 2.24) is 0 Å². The van der Waals surface area contributed by atoms with Crippen molar-refractivity contribution < 1.29 is 39.2 Å². The summed E-state index contributed by atoms with van der Waals surface area (Å²) in [7, 11) is -4.51. The van der Waals surface area contributed by atoms with Crippen LogP contribution < -0.4 is 4.72 Å². The van der Waals surface area contributed by atoms with Crippen molar-refractivity contribution >= 4 is 15.7 Å². The van der Waals surface area contributed by atoms with Crippen molar-refractivity contribution in [2.24, 2.45) is 0 Å². The van der Waals surface area contributed by atoms with Crippen molar-refractivity contribution in [3.05, 3.63) is 51.5 Å². The van der Waals surface area contributed by atoms with E-state index in [0.717, 1.165) is 0 Å². The van der Waals surface area contributed by atoms with Gasteiger partial charge in [0.05, 0.1) is 16.2 Å². The van der Waals surface area contributed by atoms with E-state index >= 15 is 0 Å². The standard InChI is InChI=1S/C17H14F7NO2S/c18-12-7-14(13(19)6-11(12)17(22,23)24)25-28(26,27)15-3-1-2-9-8-16(20,21)5-4-10(9)15/h3,6-7,25H,1-2,4-5,8H2. The molecule has 0 aromatic heterocycles. The molecule has 0 bridgehead atoms. The second-order valence-electron chi connectivity index (χ2n) is 6.64. The van der Waals surface area contributed by atoms with Gasteiger partial charge >= 0.3 is 6.18 Å². The van der Waals surface area contributed by atoms with E-state index < -0.39 is 57.8 Å². The smallest absolute Gasteiger partial charge is 0.277 e. The molecule has 0 spiro atoms. The predicted octanol–water partition coefficient (Wildman–Crippen LogP) is 5.52. The SMILES string of the molecule is O=S(=O)(Nc1cc(F)c(C(F)(F)F)cc1F)C1=CCCC2=C1CCC(F)(F)C2. The number of nitrogens with one attached hydrogen (secondary N) is 1. The first-order valence-corrected chi connectivity index (χ1v) is 9.67. The van der Waals surface area contributed by atoms with Gasteiger partial charge in [-0.15, -0.1) is 0 Å². The Balaban J connectivity index is 1.94. The van der Waals surface area contributed by atoms with Crippen molar-refractivity contribution in [3.63, 3.8) is 0 Å². The summed E-state index contributed by atoms with van der Waals surface area (Å²) in [4.78, 5) is -0.330. The van der Waals surface area contributed by atoms with Crippen LogP contribution >= 0.6 is 0 Å². The number of hydrogen-bond acceptors (Lipinski definition) is 2. The Bertz CT molecular complexity index is 978. The third-order valence-electron chi connectivity index (χ3n) is 4.61. The first-order chi connectivity index (χ1) is 12.8. The summed E-state index contributed by atoms with van der Waals surface area (Å²) in [6, 6.07) is -0.0439. The van der Waals surface area contributed by atoms with Crippen LogP contribution in [0.4, 0.5) is 36.4 Å². The van der Waals surface area contributed by atoms with Gasteiger partial charge in [-0.05, 0) is 30.9 Å². The van der Waals surface area contributed by atoms with E-state index in [1.165, 1.54) is 6.08 Å². The molecule has 1 aromatic rings. The zero-order valence-electron chi connectivity index (χ0n) is 14.1. The topological polar surface area (TPSA) is 46.2 Å². The molecule has 3 rings (SSSR count). The average Bonchev–Trinajstić information content (AvgIpc) is 2.55. The molecule has 0 saturated heterocycles. The summed E-state index contributed by atoms with van der Waals surface area (Å²) < 4.78 is 120. The van der Waals surface area contributed by atoms with Crippen molar-refractivity contribution in [2.75, 3.05) is 4.72 Å². The lowest BCUT2D eigenvalue weighted by Gasteiger charge is -2.30. The molecule has 0 atom stereocenters. The number of alkyl halides is 5. The number of halogens is 7. The second kappa shape index (κ2) is 6.78. The number of benzene rings is 1. The van der Waals surface area contributed by atoms with Gasteiger partial charge in [0.25, 0.3) is 15.9 Å². The maximum Gasteiger partial charge on any atom is 0.419 e. The molecule has 0 aliphatic heterocycles. The lowest BCUT2D eigenvalue weighted by atomic mass is 9.84. The van der Waals surface area contributed by atoms with Crippen molar-refractivity contribution in [1.29, 1.82) is 0 Å². The van der Waals surface area contributed by atoms with E-state index in [1.54, 1.807) is 4.72 Å². The highest BCUT2D eigenvalue weighted by Crippen LogP contribution is 2.44. The molecule has 0 fully saturated rings. The minimum Gasteiger partial charge on any atom is -0.277 e. The Kier molecular flexibility index (Phi) is 5.01. The molecule has 0 heterocycles. The largest absolute Gasteiger partial charge is 0.419 e. The number of rotatable bonds is 3. The van der Waals surface area contributed by atoms with Gasteiger partial charge in [0.2, 0.25) is 0 Å². The lowest BCUT2D eigenvalue weighted by Crippen LogP contribution is -2.27. The summed E-state index contributed by atoms with van der Waals surface area (Å²) in [5, 5.41) is 0. The normalized spacial score (nSPS) is 19.9. The van der Waals surface area contributed by atoms with Gasteiger partial charge in [0, 0.05) is 18.9 Å². The molecule has 1 aromatic carbocycles. The monoisotopic (exact) mass is 429 g/mol. The van der Waals surface area contributed by atoms with Crippen LogP contribution in [0, 0.1) is 11.6 Å². The Morgan fingerprint density at radius 1 is 1.04 bits per heavy atom. The molecule has 154 valence electrons. The third-order valence-corrected chi connectivity index (χ3v) is 6.09. The van der Waals surface area contributed by atoms with Gasteiger partial charge < -0.3 is 0 Å². The maximum absolute atomic E-state index is 14.0. The molecular formula is C17H14F7NO2S. The zero-order valence-corrected chi connectivity index (χ0v) is 15.0. The van der Waals surface area contributed by atoms with Crippen LogP contribution in [0.15, 0.2) is 34.3 Å². The van der Waals surface area contributed by atoms with Gasteiger partial charge in [0.15, 0.2) is 0 Å². The third kappa shape index (κ3) is 4.03. The fraction of sp³-hybridized carbons (Fsp3) is 0.412. The Morgan fingerprint density at radius 3 is 2.36 bits per heavy atom. The molecule has 2 aliphatic rings. The number of sulfonamides is 1. The zero-order chi connectivity index (χ0) is 20.9. The molecule has 0 radical (unpaired) electrons. The molecule has 3 nitrogen and oxygen atoms in total. The van der Waals surface area contributed by atoms with Gasteiger partial charge in [-0.3, -0.25) is 4.72 Å². The highest BCUT2D eigenvalue weighted by Gasteiger charge is 2.40. The summed E-state index contributed by atoms with van der Waals surface area (Å²) in [5.41, 5.74) is -2.40. The van der Waals surface area contributed by atoms with Crippen molar-refractivity contribution in [3.8, 4) is 0 Å². The second-order valence-corrected chi connectivity index (χ2v) is 8.29. The minimum atomic E-state index is -5.15. The maximum atomic E-state index is 14.0. The van der Waals surface area contributed by atoms with Crippen molar-refractivity contribution in [2.45, 2.75) is 44.2 Å². The number of allylic oxidation sites excluding steroid dienone is 3. The van der Waals surface area contributed by atoms with Crippen LogP contribution in [-0.2, 0) is 16.2 Å². The van der Waals surface area contributed by atoms with Crippen LogP contribution in [0.1, 0.15) is 37.7 Å². The first kappa shape index (κ1) is 20.7. The molecule has 0 unspecified atom stereocenters. The van der Waals surface area contributed by atoms with Crippen LogP contribution in [0.3, 0.4) is 0 Å². The summed E-state index contributed by atoms with van der Waals surface area (Å²) in [6.45, 7) is 0. The Labute approximate surface area is 156 Å². The molecule has 0 saturated carbocycles. The minimum absolute atomic E-state index is 0.101. The van der Waals surface area contributed by atoms with Crippen LogP contribution in [-0.4, -0.2) is 14.3 Å². The van der Waals surface area contributed by atoms with E-state index in [2.05, 4.69) is 0 Å². The highest BCUT2D eigenvalue weighted by molar-refractivity contribution is 7.96. The quantitative estimate of drug-likeness (QED) is 0.644. The fourth-order valence-electron chi connectivity index (χ4n) is 3.34. The summed E-state index contributed by atoms with van der Waals surface area (Å²) >= 11 is 0. The van der Waals surface area contributed by atoms with E-state index in [4.69, 9.17) is 0 Å². The van der Waals surface area contributed by atoms with Gasteiger partial charge in [-0.25, -0.2) is 26.0 Å². The summed E-state index contributed by atoms with van der Waals surface area (Å²) in [5.74, 6) is -6.40. The number of anilines is 1. The van der Waals surface area contributed by atoms with Gasteiger partial charge in [0.1, 0.15) is 11.6 Å². The highest BCUT2D eigenvalue weighted by atomic mass is 32.2. The predicted molar refractivity (Wildman–Crippen MR) is 87.0 cm³/mol. The first-order valence-electron chi connectivity index (χ1n) is 8.18. The molecular weight excluding hydrogens is 415 g/mol. The van der Waals surface area contributed by atoms with Gasteiger partial charge in [-0.2, -0.15) is 13.2 Å². The lowest BCUT2D eigenvalue weighted by molar-refractivity contribution is -0.140. The van der Waals surface area contributed by atoms with Gasteiger partial charge in [-0.1, -0.05) is 11.6 Å². The molecule has 1 N–H and O–H groups in total. The molecule has 28 heavy (non-hydrogen) atoms. The van der Waals surface area contributed by atoms with Crippen LogP contribution in [0.2, 0.25) is 0 Å². The van der Waals surface area contributed by atoms with E-state index in [9.17, 15) is 39.2 Å². The summed E-state index contributed by atoms with van der Waals surface area (Å²) in [6.07, 6.45) is -4.80. The average molecular weight is 429 g/mol. The fourth-order valence-corrected chi connectivity index (χ4v) is 4.81. The molecule has 11 heteroatoms. The van der Waals surface area contributed by atoms with Crippen LogP contribution in [0.25, 0.3) is 0 Å². The molecule has 2 aliphatic carbocycles. The van der Waals surface area contributed by atoms with E-state index in [0.29, 0.717) is 0 Å².